The molecule has 1 aromatic rings. The second-order valence-corrected chi connectivity index (χ2v) is 8.29. The van der Waals surface area contributed by atoms with E-state index in [-0.39, 0.29) is 12.0 Å². The summed E-state index contributed by atoms with van der Waals surface area (Å²) in [6.45, 7) is 14.4. The number of carboxylic acid groups (broad SMARTS) is 1. The monoisotopic (exact) mass is 416 g/mol. The van der Waals surface area contributed by atoms with E-state index in [1.54, 1.807) is 6.08 Å². The number of rotatable bonds is 9. The van der Waals surface area contributed by atoms with Crippen LogP contribution in [0, 0.1) is 19.8 Å². The Morgan fingerprint density at radius 2 is 2.07 bits per heavy atom. The third kappa shape index (κ3) is 6.48. The average molecular weight is 417 g/mol. The van der Waals surface area contributed by atoms with E-state index in [1.807, 2.05) is 19.9 Å². The summed E-state index contributed by atoms with van der Waals surface area (Å²) in [6.07, 6.45) is 7.57. The molecule has 0 aliphatic carbocycles. The molecule has 0 radical (unpaired) electrons. The summed E-state index contributed by atoms with van der Waals surface area (Å²) in [7, 11) is 0. The first kappa shape index (κ1) is 23.2. The normalized spacial score (nSPS) is 19.3. The molecular weight excluding hydrogens is 384 g/mol. The van der Waals surface area contributed by atoms with Crippen LogP contribution in [-0.4, -0.2) is 35.6 Å². The van der Waals surface area contributed by atoms with Crippen molar-refractivity contribution in [3.63, 3.8) is 0 Å². The molecule has 1 fully saturated rings. The number of aryl methyl sites for hydroxylation is 2. The van der Waals surface area contributed by atoms with Gasteiger partial charge in [0.2, 0.25) is 0 Å². The summed E-state index contributed by atoms with van der Waals surface area (Å²) >= 11 is 6.31. The fraction of sp³-hybridized carbons (Fsp3) is 0.458. The zero-order valence-corrected chi connectivity index (χ0v) is 18.7. The number of nitrogens with zero attached hydrogens (tertiary/aromatic N) is 1. The lowest BCUT2D eigenvalue weighted by Gasteiger charge is -2.21. The van der Waals surface area contributed by atoms with Crippen LogP contribution in [0.4, 0.5) is 0 Å². The highest BCUT2D eigenvalue weighted by molar-refractivity contribution is 6.32. The number of allylic oxidation sites excluding steroid dienone is 3. The Morgan fingerprint density at radius 3 is 2.59 bits per heavy atom. The maximum absolute atomic E-state index is 11.2. The van der Waals surface area contributed by atoms with E-state index in [0.29, 0.717) is 6.54 Å². The maximum Gasteiger partial charge on any atom is 0.307 e. The second kappa shape index (κ2) is 10.7. The molecule has 0 bridgehead atoms. The Labute approximate surface area is 179 Å². The standard InChI is InChI=1S/C24H33ClN2O2/c1-6-8-22(26-18(5)21-11-16(3)23(25)17(4)12-21)13-19(7-2)14-27-10-9-20(15-27)24(28)29/h6,8,11-13,18,20,26H,1,7,9-10,14-15H2,2-5H3,(H,28,29)/b19-13+,22-8+/t18-,20-/m1/s1. The Balaban J connectivity index is 2.12. The lowest BCUT2D eigenvalue weighted by Crippen LogP contribution is -2.25. The molecule has 4 nitrogen and oxygen atoms in total. The molecule has 158 valence electrons. The number of hydrogen-bond acceptors (Lipinski definition) is 3. The van der Waals surface area contributed by atoms with Crippen molar-refractivity contribution in [2.24, 2.45) is 5.92 Å². The lowest BCUT2D eigenvalue weighted by molar-refractivity contribution is -0.141. The molecule has 29 heavy (non-hydrogen) atoms. The highest BCUT2D eigenvalue weighted by Crippen LogP contribution is 2.26. The number of carbonyl (C=O) groups is 1. The van der Waals surface area contributed by atoms with Crippen LogP contribution in [-0.2, 0) is 4.79 Å². The van der Waals surface area contributed by atoms with Crippen LogP contribution >= 0.6 is 11.6 Å². The molecule has 5 heteroatoms. The van der Waals surface area contributed by atoms with Crippen molar-refractivity contribution in [2.45, 2.75) is 46.6 Å². The lowest BCUT2D eigenvalue weighted by atomic mass is 10.0. The summed E-state index contributed by atoms with van der Waals surface area (Å²) in [5, 5.41) is 13.6. The van der Waals surface area contributed by atoms with Crippen molar-refractivity contribution < 1.29 is 9.90 Å². The summed E-state index contributed by atoms with van der Waals surface area (Å²) in [5.41, 5.74) is 5.62. The van der Waals surface area contributed by atoms with Crippen LogP contribution in [0.1, 0.15) is 49.4 Å². The van der Waals surface area contributed by atoms with E-state index >= 15 is 0 Å². The maximum atomic E-state index is 11.2. The zero-order valence-electron chi connectivity index (χ0n) is 18.0. The Morgan fingerprint density at radius 1 is 1.41 bits per heavy atom. The van der Waals surface area contributed by atoms with Crippen LogP contribution in [0.5, 0.6) is 0 Å². The van der Waals surface area contributed by atoms with Gasteiger partial charge < -0.3 is 10.4 Å². The minimum atomic E-state index is -0.689. The van der Waals surface area contributed by atoms with Crippen LogP contribution < -0.4 is 5.32 Å². The molecule has 0 amide bonds. The summed E-state index contributed by atoms with van der Waals surface area (Å²) in [6, 6.07) is 4.37. The van der Waals surface area contributed by atoms with Gasteiger partial charge in [0, 0.05) is 29.9 Å². The van der Waals surface area contributed by atoms with E-state index in [9.17, 15) is 9.90 Å². The van der Waals surface area contributed by atoms with Crippen molar-refractivity contribution >= 4 is 17.6 Å². The van der Waals surface area contributed by atoms with Crippen molar-refractivity contribution in [3.05, 3.63) is 69.9 Å². The molecule has 1 aliphatic rings. The largest absolute Gasteiger partial charge is 0.481 e. The molecule has 1 saturated heterocycles. The number of hydrogen-bond donors (Lipinski definition) is 2. The zero-order chi connectivity index (χ0) is 21.6. The van der Waals surface area contributed by atoms with Gasteiger partial charge in [0.05, 0.1) is 5.92 Å². The molecule has 1 heterocycles. The Hall–Kier alpha value is -2.04. The molecule has 0 saturated carbocycles. The molecule has 2 atom stereocenters. The van der Waals surface area contributed by atoms with Gasteiger partial charge in [0.15, 0.2) is 0 Å². The smallest absolute Gasteiger partial charge is 0.307 e. The van der Waals surface area contributed by atoms with Gasteiger partial charge in [-0.1, -0.05) is 48.9 Å². The van der Waals surface area contributed by atoms with Gasteiger partial charge in [-0.3, -0.25) is 9.69 Å². The number of aliphatic carboxylic acids is 1. The van der Waals surface area contributed by atoms with E-state index in [1.165, 1.54) is 11.1 Å². The number of nitrogens with one attached hydrogen (secondary N) is 1. The minimum Gasteiger partial charge on any atom is -0.481 e. The third-order valence-electron chi connectivity index (χ3n) is 5.50. The van der Waals surface area contributed by atoms with Crippen molar-refractivity contribution in [3.8, 4) is 0 Å². The number of benzene rings is 1. The molecule has 0 unspecified atom stereocenters. The first-order valence-corrected chi connectivity index (χ1v) is 10.6. The SMILES string of the molecule is C=C/C=C(\C=C(/CC)CN1CC[C@@H](C(=O)O)C1)N[C@H](C)c1cc(C)c(Cl)c(C)c1. The summed E-state index contributed by atoms with van der Waals surface area (Å²) in [5.74, 6) is -0.934. The van der Waals surface area contributed by atoms with Gasteiger partial charge >= 0.3 is 5.97 Å². The molecular formula is C24H33ClN2O2. The van der Waals surface area contributed by atoms with Gasteiger partial charge in [0.25, 0.3) is 0 Å². The molecule has 2 rings (SSSR count). The first-order valence-electron chi connectivity index (χ1n) is 10.3. The molecule has 0 aromatic heterocycles. The highest BCUT2D eigenvalue weighted by Gasteiger charge is 2.27. The quantitative estimate of drug-likeness (QED) is 0.527. The van der Waals surface area contributed by atoms with Crippen molar-refractivity contribution in [1.29, 1.82) is 0 Å². The predicted octanol–water partition coefficient (Wildman–Crippen LogP) is 5.42. The number of carboxylic acids is 1. The van der Waals surface area contributed by atoms with Gasteiger partial charge in [-0.2, -0.15) is 0 Å². The fourth-order valence-corrected chi connectivity index (χ4v) is 3.88. The van der Waals surface area contributed by atoms with Crippen molar-refractivity contribution in [2.75, 3.05) is 19.6 Å². The summed E-state index contributed by atoms with van der Waals surface area (Å²) < 4.78 is 0. The van der Waals surface area contributed by atoms with Gasteiger partial charge in [-0.05, 0) is 69.0 Å². The summed E-state index contributed by atoms with van der Waals surface area (Å²) in [4.78, 5) is 13.4. The first-order chi connectivity index (χ1) is 13.7. The van der Waals surface area contributed by atoms with Crippen LogP contribution in [0.3, 0.4) is 0 Å². The van der Waals surface area contributed by atoms with Gasteiger partial charge in [0.1, 0.15) is 0 Å². The number of halogens is 1. The van der Waals surface area contributed by atoms with Crippen LogP contribution in [0.2, 0.25) is 5.02 Å². The van der Waals surface area contributed by atoms with Crippen LogP contribution in [0.15, 0.2) is 48.2 Å². The number of likely N-dealkylation sites (tertiary alicyclic amines) is 1. The molecule has 1 aliphatic heterocycles. The van der Waals surface area contributed by atoms with E-state index in [0.717, 1.165) is 47.8 Å². The molecule has 0 spiro atoms. The van der Waals surface area contributed by atoms with E-state index in [4.69, 9.17) is 11.6 Å². The predicted molar refractivity (Wildman–Crippen MR) is 121 cm³/mol. The molecule has 1 aromatic carbocycles. The Kier molecular flexibility index (Phi) is 8.54. The van der Waals surface area contributed by atoms with E-state index < -0.39 is 5.97 Å². The van der Waals surface area contributed by atoms with Crippen LogP contribution in [0.25, 0.3) is 0 Å². The van der Waals surface area contributed by atoms with E-state index in [2.05, 4.69) is 48.9 Å². The van der Waals surface area contributed by atoms with Gasteiger partial charge in [-0.15, -0.1) is 0 Å². The second-order valence-electron chi connectivity index (χ2n) is 7.91. The minimum absolute atomic E-state index is 0.119. The topological polar surface area (TPSA) is 52.6 Å². The molecule has 2 N–H and O–H groups in total. The third-order valence-corrected chi connectivity index (χ3v) is 6.10. The average Bonchev–Trinajstić information content (AvgIpc) is 3.14. The Bertz CT molecular complexity index is 790. The van der Waals surface area contributed by atoms with Crippen molar-refractivity contribution in [1.82, 2.24) is 10.2 Å². The highest BCUT2D eigenvalue weighted by atomic mass is 35.5. The van der Waals surface area contributed by atoms with Gasteiger partial charge in [-0.25, -0.2) is 0 Å². The fourth-order valence-electron chi connectivity index (χ4n) is 3.77.